The molecule has 0 saturated heterocycles. The van der Waals surface area contributed by atoms with Crippen molar-refractivity contribution in [2.24, 2.45) is 0 Å². The zero-order chi connectivity index (χ0) is 22.2. The molecule has 0 amide bonds. The summed E-state index contributed by atoms with van der Waals surface area (Å²) in [6.07, 6.45) is 0. The van der Waals surface area contributed by atoms with Crippen LogP contribution in [0.1, 0.15) is 16.4 Å². The highest BCUT2D eigenvalue weighted by Gasteiger charge is 2.38. The molecule has 3 rings (SSSR count). The zero-order valence-electron chi connectivity index (χ0n) is 17.1. The van der Waals surface area contributed by atoms with Crippen molar-refractivity contribution in [3.05, 3.63) is 47.5 Å². The number of rotatable bonds is 7. The van der Waals surface area contributed by atoms with Crippen LogP contribution in [0.4, 0.5) is 11.4 Å². The molecule has 1 aliphatic heterocycles. The molecule has 1 heterocycles. The molecule has 2 unspecified atom stereocenters. The highest BCUT2D eigenvalue weighted by atomic mass is 32.2. The number of nitrogens with zero attached hydrogens (tertiary/aromatic N) is 2. The SMILES string of the molecule is CN(C)c1ccc2c(c1)Oc1cc(N(C)C)ccc1C2SC(C(=O)O)C(S)C(=O)O. The lowest BCUT2D eigenvalue weighted by molar-refractivity contribution is -0.142. The van der Waals surface area contributed by atoms with Gasteiger partial charge in [-0.15, -0.1) is 11.8 Å². The molecule has 1 aliphatic rings. The molecule has 2 aromatic carbocycles. The summed E-state index contributed by atoms with van der Waals surface area (Å²) in [6, 6.07) is 11.5. The van der Waals surface area contributed by atoms with E-state index in [9.17, 15) is 19.8 Å². The first-order chi connectivity index (χ1) is 14.1. The van der Waals surface area contributed by atoms with Crippen molar-refractivity contribution in [2.45, 2.75) is 15.7 Å². The molecule has 0 fully saturated rings. The third kappa shape index (κ3) is 4.32. The Kier molecular flexibility index (Phi) is 6.42. The first-order valence-electron chi connectivity index (χ1n) is 9.19. The standard InChI is InChI=1S/C21H24N2O5S2/c1-22(2)11-5-7-13-15(9-11)28-16-10-12(23(3)4)6-8-14(16)18(13)30-19(21(26)27)17(29)20(24)25/h5-10,17-19,29H,1-4H3,(H,24,25)(H,26,27). The van der Waals surface area contributed by atoms with Crippen LogP contribution in [-0.4, -0.2) is 60.8 Å². The average molecular weight is 449 g/mol. The van der Waals surface area contributed by atoms with Crippen molar-refractivity contribution < 1.29 is 24.5 Å². The van der Waals surface area contributed by atoms with Gasteiger partial charge in [-0.3, -0.25) is 9.59 Å². The molecular formula is C21H24N2O5S2. The number of hydrogen-bond acceptors (Lipinski definition) is 7. The Morgan fingerprint density at radius 2 is 1.40 bits per heavy atom. The van der Waals surface area contributed by atoms with E-state index in [1.54, 1.807) is 0 Å². The van der Waals surface area contributed by atoms with E-state index in [4.69, 9.17) is 4.74 Å². The molecule has 0 saturated carbocycles. The second-order valence-electron chi connectivity index (χ2n) is 7.39. The van der Waals surface area contributed by atoms with Gasteiger partial charge in [0.15, 0.2) is 0 Å². The summed E-state index contributed by atoms with van der Waals surface area (Å²) >= 11 is 5.10. The lowest BCUT2D eigenvalue weighted by atomic mass is 9.98. The number of carbonyl (C=O) groups is 2. The van der Waals surface area contributed by atoms with Crippen LogP contribution in [0.3, 0.4) is 0 Å². The molecule has 2 aromatic rings. The van der Waals surface area contributed by atoms with E-state index < -0.39 is 27.7 Å². The van der Waals surface area contributed by atoms with Crippen molar-refractivity contribution >= 4 is 47.7 Å². The number of carboxylic acids is 2. The predicted octanol–water partition coefficient (Wildman–Crippen LogP) is 3.58. The number of aliphatic carboxylic acids is 2. The quantitative estimate of drug-likeness (QED) is 0.554. The fourth-order valence-corrected chi connectivity index (χ4v) is 4.88. The second kappa shape index (κ2) is 8.69. The lowest BCUT2D eigenvalue weighted by Crippen LogP contribution is -2.34. The number of thiol groups is 1. The molecule has 0 spiro atoms. The summed E-state index contributed by atoms with van der Waals surface area (Å²) in [7, 11) is 7.70. The maximum atomic E-state index is 11.9. The molecule has 0 bridgehead atoms. The topological polar surface area (TPSA) is 90.3 Å². The molecule has 2 N–H and O–H groups in total. The number of carboxylic acid groups (broad SMARTS) is 2. The molecule has 7 nitrogen and oxygen atoms in total. The number of benzene rings is 2. The van der Waals surface area contributed by atoms with E-state index in [0.717, 1.165) is 34.3 Å². The minimum Gasteiger partial charge on any atom is -0.480 e. The molecule has 2 atom stereocenters. The van der Waals surface area contributed by atoms with Gasteiger partial charge >= 0.3 is 11.9 Å². The maximum absolute atomic E-state index is 11.9. The highest BCUT2D eigenvalue weighted by Crippen LogP contribution is 2.52. The van der Waals surface area contributed by atoms with Crippen LogP contribution in [0.5, 0.6) is 11.5 Å². The van der Waals surface area contributed by atoms with Gasteiger partial charge in [0.1, 0.15) is 22.0 Å². The van der Waals surface area contributed by atoms with E-state index in [-0.39, 0.29) is 0 Å². The van der Waals surface area contributed by atoms with Crippen LogP contribution >= 0.6 is 24.4 Å². The normalized spacial score (nSPS) is 14.7. The van der Waals surface area contributed by atoms with E-state index in [1.165, 1.54) is 0 Å². The van der Waals surface area contributed by atoms with Gasteiger partial charge in [0.25, 0.3) is 0 Å². The fourth-order valence-electron chi connectivity index (χ4n) is 3.19. The van der Waals surface area contributed by atoms with Crippen LogP contribution in [0.2, 0.25) is 0 Å². The summed E-state index contributed by atoms with van der Waals surface area (Å²) in [6.45, 7) is 0. The Hall–Kier alpha value is -2.52. The molecular weight excluding hydrogens is 424 g/mol. The first-order valence-corrected chi connectivity index (χ1v) is 10.7. The zero-order valence-corrected chi connectivity index (χ0v) is 18.8. The van der Waals surface area contributed by atoms with Crippen molar-refractivity contribution in [2.75, 3.05) is 38.0 Å². The van der Waals surface area contributed by atoms with Gasteiger partial charge < -0.3 is 24.7 Å². The number of ether oxygens (including phenoxy) is 1. The Bertz CT molecular complexity index is 922. The Balaban J connectivity index is 2.11. The number of thioether (sulfide) groups is 1. The average Bonchev–Trinajstić information content (AvgIpc) is 2.69. The molecule has 160 valence electrons. The number of anilines is 2. The highest BCUT2D eigenvalue weighted by molar-refractivity contribution is 8.02. The Morgan fingerprint density at radius 1 is 0.933 bits per heavy atom. The van der Waals surface area contributed by atoms with E-state index >= 15 is 0 Å². The summed E-state index contributed by atoms with van der Waals surface area (Å²) in [4.78, 5) is 27.2. The molecule has 9 heteroatoms. The third-order valence-electron chi connectivity index (χ3n) is 4.88. The smallest absolute Gasteiger partial charge is 0.318 e. The predicted molar refractivity (Wildman–Crippen MR) is 123 cm³/mol. The van der Waals surface area contributed by atoms with Gasteiger partial charge in [-0.25, -0.2) is 0 Å². The van der Waals surface area contributed by atoms with Crippen LogP contribution in [0.25, 0.3) is 0 Å². The van der Waals surface area contributed by atoms with Gasteiger partial charge in [0.05, 0.1) is 5.25 Å². The summed E-state index contributed by atoms with van der Waals surface area (Å²) < 4.78 is 6.19. The van der Waals surface area contributed by atoms with E-state index in [0.29, 0.717) is 11.5 Å². The second-order valence-corrected chi connectivity index (χ2v) is 9.20. The molecule has 30 heavy (non-hydrogen) atoms. The number of hydrogen-bond donors (Lipinski definition) is 3. The minimum absolute atomic E-state index is 0.411. The molecule has 0 radical (unpaired) electrons. The molecule has 0 aliphatic carbocycles. The van der Waals surface area contributed by atoms with Gasteiger partial charge in [-0.1, -0.05) is 12.1 Å². The van der Waals surface area contributed by atoms with Crippen molar-refractivity contribution in [1.29, 1.82) is 0 Å². The van der Waals surface area contributed by atoms with Crippen LogP contribution in [-0.2, 0) is 9.59 Å². The van der Waals surface area contributed by atoms with Crippen LogP contribution < -0.4 is 14.5 Å². The first kappa shape index (κ1) is 22.2. The van der Waals surface area contributed by atoms with E-state index in [2.05, 4.69) is 12.6 Å². The van der Waals surface area contributed by atoms with E-state index in [1.807, 2.05) is 74.4 Å². The van der Waals surface area contributed by atoms with Gasteiger partial charge in [-0.05, 0) is 12.1 Å². The monoisotopic (exact) mass is 448 g/mol. The summed E-state index contributed by atoms with van der Waals surface area (Å²) in [5.74, 6) is -1.24. The largest absolute Gasteiger partial charge is 0.480 e. The van der Waals surface area contributed by atoms with Gasteiger partial charge in [0.2, 0.25) is 0 Å². The summed E-state index contributed by atoms with van der Waals surface area (Å²) in [5.41, 5.74) is 3.48. The summed E-state index contributed by atoms with van der Waals surface area (Å²) in [5, 5.41) is 16.0. The maximum Gasteiger partial charge on any atom is 0.318 e. The molecule has 0 aromatic heterocycles. The third-order valence-corrected chi connectivity index (χ3v) is 7.15. The van der Waals surface area contributed by atoms with Crippen molar-refractivity contribution in [1.82, 2.24) is 0 Å². The fraction of sp³-hybridized carbons (Fsp3) is 0.333. The Morgan fingerprint density at radius 3 is 1.77 bits per heavy atom. The van der Waals surface area contributed by atoms with Gasteiger partial charge in [0, 0.05) is 62.8 Å². The minimum atomic E-state index is -1.34. The Labute approximate surface area is 185 Å². The van der Waals surface area contributed by atoms with Crippen molar-refractivity contribution in [3.63, 3.8) is 0 Å². The lowest BCUT2D eigenvalue weighted by Gasteiger charge is -2.31. The van der Waals surface area contributed by atoms with Gasteiger partial charge in [-0.2, -0.15) is 12.6 Å². The van der Waals surface area contributed by atoms with Crippen LogP contribution in [0, 0.1) is 0 Å². The van der Waals surface area contributed by atoms with Crippen LogP contribution in [0.15, 0.2) is 36.4 Å². The van der Waals surface area contributed by atoms with Crippen molar-refractivity contribution in [3.8, 4) is 11.5 Å². The number of fused-ring (bicyclic) bond motifs is 2.